The van der Waals surface area contributed by atoms with Gasteiger partial charge >= 0.3 is 5.97 Å². The summed E-state index contributed by atoms with van der Waals surface area (Å²) in [5, 5.41) is 11.5. The van der Waals surface area contributed by atoms with Crippen LogP contribution in [0.15, 0.2) is 24.3 Å². The first-order valence-corrected chi connectivity index (χ1v) is 6.46. The lowest BCUT2D eigenvalue weighted by molar-refractivity contribution is -0.151. The number of ether oxygens (including phenoxy) is 1. The number of carbonyl (C=O) groups excluding carboxylic acids is 1. The number of carboxylic acids is 1. The molecular weight excluding hydrogens is 265 g/mol. The van der Waals surface area contributed by atoms with Crippen molar-refractivity contribution >= 4 is 11.9 Å². The van der Waals surface area contributed by atoms with Crippen LogP contribution in [0.2, 0.25) is 0 Å². The van der Waals surface area contributed by atoms with Crippen molar-refractivity contribution in [1.29, 1.82) is 0 Å². The molecule has 0 aliphatic carbocycles. The normalized spacial score (nSPS) is 21.6. The van der Waals surface area contributed by atoms with Crippen molar-refractivity contribution in [1.82, 2.24) is 5.32 Å². The number of benzene rings is 1. The zero-order chi connectivity index (χ0) is 14.5. The zero-order valence-electron chi connectivity index (χ0n) is 10.8. The molecule has 2 N–H and O–H groups in total. The van der Waals surface area contributed by atoms with Crippen molar-refractivity contribution in [3.05, 3.63) is 35.6 Å². The molecule has 2 rings (SSSR count). The second-order valence-electron chi connectivity index (χ2n) is 4.70. The Bertz CT molecular complexity index is 488. The van der Waals surface area contributed by atoms with E-state index in [4.69, 9.17) is 9.84 Å². The molecule has 1 aliphatic heterocycles. The lowest BCUT2D eigenvalue weighted by atomic mass is 10.1. The first-order valence-electron chi connectivity index (χ1n) is 6.46. The van der Waals surface area contributed by atoms with Crippen molar-refractivity contribution in [3.8, 4) is 0 Å². The van der Waals surface area contributed by atoms with Crippen LogP contribution in [0.1, 0.15) is 18.4 Å². The van der Waals surface area contributed by atoms with E-state index in [0.717, 1.165) is 5.56 Å². The predicted octanol–water partition coefficient (Wildman–Crippen LogP) is 1.12. The van der Waals surface area contributed by atoms with Crippen molar-refractivity contribution in [2.24, 2.45) is 0 Å². The molecule has 1 amide bonds. The molecule has 2 unspecified atom stereocenters. The molecule has 1 saturated heterocycles. The van der Waals surface area contributed by atoms with Gasteiger partial charge in [-0.15, -0.1) is 0 Å². The molecule has 1 aromatic rings. The number of halogens is 1. The molecule has 1 aromatic carbocycles. The number of nitrogens with one attached hydrogen (secondary N) is 1. The number of hydrogen-bond acceptors (Lipinski definition) is 3. The van der Waals surface area contributed by atoms with Crippen LogP contribution in [0.5, 0.6) is 0 Å². The van der Waals surface area contributed by atoms with Crippen LogP contribution in [-0.4, -0.2) is 35.7 Å². The summed E-state index contributed by atoms with van der Waals surface area (Å²) in [7, 11) is 0. The maximum atomic E-state index is 12.7. The Morgan fingerprint density at radius 1 is 1.25 bits per heavy atom. The highest BCUT2D eigenvalue weighted by atomic mass is 19.1. The summed E-state index contributed by atoms with van der Waals surface area (Å²) < 4.78 is 17.9. The monoisotopic (exact) mass is 281 g/mol. The van der Waals surface area contributed by atoms with Crippen LogP contribution in [0, 0.1) is 5.82 Å². The summed E-state index contributed by atoms with van der Waals surface area (Å²) >= 11 is 0. The van der Waals surface area contributed by atoms with Gasteiger partial charge in [0.05, 0.1) is 0 Å². The molecule has 0 radical (unpaired) electrons. The minimum atomic E-state index is -1.04. The maximum absolute atomic E-state index is 12.7. The maximum Gasteiger partial charge on any atom is 0.332 e. The van der Waals surface area contributed by atoms with Crippen LogP contribution >= 0.6 is 0 Å². The Morgan fingerprint density at radius 2 is 1.90 bits per heavy atom. The Balaban J connectivity index is 1.73. The van der Waals surface area contributed by atoms with E-state index in [0.29, 0.717) is 25.8 Å². The average molecular weight is 281 g/mol. The standard InChI is InChI=1S/C14H16FNO4/c15-10-3-1-9(2-4-10)7-8-16-13(17)11-5-6-12(20-11)14(18)19/h1-4,11-12H,5-8H2,(H,16,17)(H,18,19). The lowest BCUT2D eigenvalue weighted by Gasteiger charge is -2.11. The van der Waals surface area contributed by atoms with Gasteiger partial charge < -0.3 is 15.2 Å². The van der Waals surface area contributed by atoms with Gasteiger partial charge in [-0.05, 0) is 37.0 Å². The van der Waals surface area contributed by atoms with Gasteiger partial charge in [0.15, 0.2) is 6.10 Å². The number of aliphatic carboxylic acids is 1. The smallest absolute Gasteiger partial charge is 0.332 e. The summed E-state index contributed by atoms with van der Waals surface area (Å²) in [5.41, 5.74) is 0.919. The van der Waals surface area contributed by atoms with E-state index in [-0.39, 0.29) is 11.7 Å². The SMILES string of the molecule is O=C(O)C1CCC(C(=O)NCCc2ccc(F)cc2)O1. The van der Waals surface area contributed by atoms with E-state index < -0.39 is 18.2 Å². The van der Waals surface area contributed by atoms with Gasteiger partial charge in [0, 0.05) is 6.54 Å². The third kappa shape index (κ3) is 3.77. The highest BCUT2D eigenvalue weighted by Crippen LogP contribution is 2.19. The van der Waals surface area contributed by atoms with Gasteiger partial charge in [-0.25, -0.2) is 9.18 Å². The van der Waals surface area contributed by atoms with Crippen molar-refractivity contribution < 1.29 is 23.8 Å². The Labute approximate surface area is 115 Å². The second-order valence-corrected chi connectivity index (χ2v) is 4.70. The van der Waals surface area contributed by atoms with E-state index in [9.17, 15) is 14.0 Å². The first-order chi connectivity index (χ1) is 9.56. The highest BCUT2D eigenvalue weighted by molar-refractivity contribution is 5.82. The second kappa shape index (κ2) is 6.47. The van der Waals surface area contributed by atoms with Crippen LogP contribution < -0.4 is 5.32 Å². The Hall–Kier alpha value is -1.95. The Morgan fingerprint density at radius 3 is 2.50 bits per heavy atom. The molecule has 0 spiro atoms. The van der Waals surface area contributed by atoms with Gasteiger partial charge in [-0.3, -0.25) is 4.79 Å². The summed E-state index contributed by atoms with van der Waals surface area (Å²) in [5.74, 6) is -1.63. The van der Waals surface area contributed by atoms with Gasteiger partial charge in [0.25, 0.3) is 0 Å². The number of hydrogen-bond donors (Lipinski definition) is 2. The topological polar surface area (TPSA) is 75.6 Å². The third-order valence-electron chi connectivity index (χ3n) is 3.21. The molecule has 1 fully saturated rings. The zero-order valence-corrected chi connectivity index (χ0v) is 10.8. The third-order valence-corrected chi connectivity index (χ3v) is 3.21. The first kappa shape index (κ1) is 14.5. The fourth-order valence-corrected chi connectivity index (χ4v) is 2.11. The molecule has 2 atom stereocenters. The van der Waals surface area contributed by atoms with Crippen LogP contribution in [0.25, 0.3) is 0 Å². The van der Waals surface area contributed by atoms with Gasteiger partial charge in [-0.2, -0.15) is 0 Å². The average Bonchev–Trinajstić information content (AvgIpc) is 2.91. The molecule has 20 heavy (non-hydrogen) atoms. The highest BCUT2D eigenvalue weighted by Gasteiger charge is 2.34. The number of rotatable bonds is 5. The summed E-state index contributed by atoms with van der Waals surface area (Å²) in [6.45, 7) is 0.405. The minimum Gasteiger partial charge on any atom is -0.479 e. The fraction of sp³-hybridized carbons (Fsp3) is 0.429. The largest absolute Gasteiger partial charge is 0.479 e. The van der Waals surface area contributed by atoms with Crippen molar-refractivity contribution in [3.63, 3.8) is 0 Å². The van der Waals surface area contributed by atoms with Gasteiger partial charge in [0.2, 0.25) is 5.91 Å². The minimum absolute atomic E-state index is 0.295. The summed E-state index contributed by atoms with van der Waals surface area (Å²) in [6, 6.07) is 6.06. The van der Waals surface area contributed by atoms with E-state index in [1.165, 1.54) is 12.1 Å². The molecule has 5 nitrogen and oxygen atoms in total. The van der Waals surface area contributed by atoms with Gasteiger partial charge in [-0.1, -0.05) is 12.1 Å². The quantitative estimate of drug-likeness (QED) is 0.848. The molecule has 0 saturated carbocycles. The van der Waals surface area contributed by atoms with E-state index >= 15 is 0 Å². The van der Waals surface area contributed by atoms with Crippen LogP contribution in [0.3, 0.4) is 0 Å². The number of carboxylic acid groups (broad SMARTS) is 1. The molecule has 1 aliphatic rings. The summed E-state index contributed by atoms with van der Waals surface area (Å²) in [6.07, 6.45) is -0.224. The molecule has 6 heteroatoms. The predicted molar refractivity (Wildman–Crippen MR) is 68.6 cm³/mol. The van der Waals surface area contributed by atoms with E-state index in [1.54, 1.807) is 12.1 Å². The van der Waals surface area contributed by atoms with Crippen LogP contribution in [0.4, 0.5) is 4.39 Å². The van der Waals surface area contributed by atoms with E-state index in [1.807, 2.05) is 0 Å². The van der Waals surface area contributed by atoms with E-state index in [2.05, 4.69) is 5.32 Å². The molecule has 1 heterocycles. The Kier molecular flexibility index (Phi) is 4.68. The van der Waals surface area contributed by atoms with Crippen molar-refractivity contribution in [2.45, 2.75) is 31.5 Å². The molecule has 0 bridgehead atoms. The molecular formula is C14H16FNO4. The number of amides is 1. The van der Waals surface area contributed by atoms with Crippen molar-refractivity contribution in [2.75, 3.05) is 6.54 Å². The van der Waals surface area contributed by atoms with Crippen LogP contribution in [-0.2, 0) is 20.7 Å². The fourth-order valence-electron chi connectivity index (χ4n) is 2.11. The lowest BCUT2D eigenvalue weighted by Crippen LogP contribution is -2.36. The molecule has 108 valence electrons. The number of carbonyl (C=O) groups is 2. The summed E-state index contributed by atoms with van der Waals surface area (Å²) in [4.78, 5) is 22.5. The molecule has 0 aromatic heterocycles. The van der Waals surface area contributed by atoms with Gasteiger partial charge in [0.1, 0.15) is 11.9 Å².